The minimum Gasteiger partial charge on any atom is -0.306 e. The smallest absolute Gasteiger partial charge is 0.139 e. The summed E-state index contributed by atoms with van der Waals surface area (Å²) >= 11 is 0. The Kier molecular flexibility index (Phi) is 6.07. The predicted octanol–water partition coefficient (Wildman–Crippen LogP) is 4.82. The first kappa shape index (κ1) is 18.9. The van der Waals surface area contributed by atoms with Gasteiger partial charge in [0.1, 0.15) is 12.7 Å². The van der Waals surface area contributed by atoms with Gasteiger partial charge in [0.15, 0.2) is 0 Å². The molecule has 0 aliphatic rings. The maximum atomic E-state index is 3.96. The zero-order chi connectivity index (χ0) is 19.1. The van der Waals surface area contributed by atoms with Crippen LogP contribution in [0.4, 0.5) is 0 Å². The molecular formula is C23H28N4. The van der Waals surface area contributed by atoms with Crippen molar-refractivity contribution in [3.63, 3.8) is 0 Å². The lowest BCUT2D eigenvalue weighted by Crippen LogP contribution is -2.33. The molecule has 4 heteroatoms. The second-order valence-electron chi connectivity index (χ2n) is 7.78. The molecule has 0 unspecified atom stereocenters. The standard InChI is InChI=1S/C23H28N4/c1-23(2,3)22-14-12-21(13-15-22)17-26(27-18-24-25-19-27)16-8-7-11-20-9-5-4-6-10-20/h4-7,9-15,18-19H,8,16-17H2,1-3H3/b11-7+. The van der Waals surface area contributed by atoms with E-state index >= 15 is 0 Å². The van der Waals surface area contributed by atoms with Crippen LogP contribution in [-0.4, -0.2) is 21.4 Å². The fourth-order valence-corrected chi connectivity index (χ4v) is 2.95. The number of hydrogen-bond donors (Lipinski definition) is 0. The third-order valence-electron chi connectivity index (χ3n) is 4.58. The van der Waals surface area contributed by atoms with E-state index in [0.29, 0.717) is 0 Å². The Morgan fingerprint density at radius 2 is 1.59 bits per heavy atom. The van der Waals surface area contributed by atoms with Gasteiger partial charge in [0.25, 0.3) is 0 Å². The van der Waals surface area contributed by atoms with Gasteiger partial charge in [-0.05, 0) is 28.5 Å². The second kappa shape index (κ2) is 8.67. The second-order valence-corrected chi connectivity index (χ2v) is 7.78. The topological polar surface area (TPSA) is 34.0 Å². The van der Waals surface area contributed by atoms with Crippen molar-refractivity contribution in [3.8, 4) is 0 Å². The SMILES string of the molecule is CC(C)(C)c1ccc(CN(CC/C=C/c2ccccc2)n2cnnc2)cc1. The van der Waals surface area contributed by atoms with Crippen molar-refractivity contribution < 1.29 is 0 Å². The van der Waals surface area contributed by atoms with E-state index in [-0.39, 0.29) is 5.41 Å². The molecule has 0 bridgehead atoms. The molecule has 4 nitrogen and oxygen atoms in total. The Balaban J connectivity index is 1.64. The normalized spacial score (nSPS) is 11.8. The van der Waals surface area contributed by atoms with Crippen molar-refractivity contribution in [3.05, 3.63) is 90.0 Å². The van der Waals surface area contributed by atoms with Gasteiger partial charge in [-0.25, -0.2) is 4.68 Å². The summed E-state index contributed by atoms with van der Waals surface area (Å²) in [6.45, 7) is 8.43. The average Bonchev–Trinajstić information content (AvgIpc) is 3.19. The van der Waals surface area contributed by atoms with E-state index < -0.39 is 0 Å². The fraction of sp³-hybridized carbons (Fsp3) is 0.304. The van der Waals surface area contributed by atoms with E-state index in [1.165, 1.54) is 16.7 Å². The van der Waals surface area contributed by atoms with Crippen LogP contribution >= 0.6 is 0 Å². The highest BCUT2D eigenvalue weighted by Gasteiger charge is 2.13. The van der Waals surface area contributed by atoms with Crippen LogP contribution in [0.25, 0.3) is 6.08 Å². The number of hydrogen-bond acceptors (Lipinski definition) is 3. The molecule has 3 aromatic rings. The number of nitrogens with zero attached hydrogens (tertiary/aromatic N) is 4. The molecule has 0 amide bonds. The minimum atomic E-state index is 0.175. The Labute approximate surface area is 162 Å². The van der Waals surface area contributed by atoms with Crippen LogP contribution in [0.5, 0.6) is 0 Å². The molecule has 2 aromatic carbocycles. The largest absolute Gasteiger partial charge is 0.306 e. The zero-order valence-corrected chi connectivity index (χ0v) is 16.4. The van der Waals surface area contributed by atoms with E-state index in [4.69, 9.17) is 0 Å². The summed E-state index contributed by atoms with van der Waals surface area (Å²) < 4.78 is 1.97. The first-order valence-corrected chi connectivity index (χ1v) is 9.43. The molecule has 0 aliphatic heterocycles. The number of rotatable bonds is 7. The van der Waals surface area contributed by atoms with Gasteiger partial charge in [-0.3, -0.25) is 0 Å². The van der Waals surface area contributed by atoms with Gasteiger partial charge in [0.05, 0.1) is 6.54 Å². The van der Waals surface area contributed by atoms with Crippen molar-refractivity contribution in [1.29, 1.82) is 0 Å². The summed E-state index contributed by atoms with van der Waals surface area (Å²) in [7, 11) is 0. The van der Waals surface area contributed by atoms with Crippen LogP contribution < -0.4 is 5.01 Å². The van der Waals surface area contributed by atoms with E-state index in [2.05, 4.69) is 96.7 Å². The summed E-state index contributed by atoms with van der Waals surface area (Å²) in [6.07, 6.45) is 8.85. The van der Waals surface area contributed by atoms with E-state index in [1.54, 1.807) is 12.7 Å². The lowest BCUT2D eigenvalue weighted by atomic mass is 9.87. The molecule has 0 saturated carbocycles. The van der Waals surface area contributed by atoms with Gasteiger partial charge in [0, 0.05) is 6.54 Å². The highest BCUT2D eigenvalue weighted by Crippen LogP contribution is 2.22. The van der Waals surface area contributed by atoms with Gasteiger partial charge < -0.3 is 5.01 Å². The van der Waals surface area contributed by atoms with Crippen LogP contribution in [0, 0.1) is 0 Å². The van der Waals surface area contributed by atoms with Crippen LogP contribution in [0.15, 0.2) is 73.3 Å². The van der Waals surface area contributed by atoms with Crippen LogP contribution in [0.1, 0.15) is 43.9 Å². The zero-order valence-electron chi connectivity index (χ0n) is 16.4. The van der Waals surface area contributed by atoms with Crippen molar-refractivity contribution in [2.45, 2.75) is 39.2 Å². The quantitative estimate of drug-likeness (QED) is 0.606. The molecular weight excluding hydrogens is 332 g/mol. The van der Waals surface area contributed by atoms with Crippen molar-refractivity contribution in [2.75, 3.05) is 11.6 Å². The third-order valence-corrected chi connectivity index (χ3v) is 4.58. The Bertz CT molecular complexity index is 828. The molecule has 0 fully saturated rings. The highest BCUT2D eigenvalue weighted by atomic mass is 15.6. The third kappa shape index (κ3) is 5.55. The molecule has 0 radical (unpaired) electrons. The predicted molar refractivity (Wildman–Crippen MR) is 112 cm³/mol. The summed E-state index contributed by atoms with van der Waals surface area (Å²) in [5.74, 6) is 0. The molecule has 1 aromatic heterocycles. The van der Waals surface area contributed by atoms with E-state index in [9.17, 15) is 0 Å². The molecule has 0 saturated heterocycles. The highest BCUT2D eigenvalue weighted by molar-refractivity contribution is 5.48. The summed E-state index contributed by atoms with van der Waals surface area (Å²) in [4.78, 5) is 0. The van der Waals surface area contributed by atoms with Gasteiger partial charge in [-0.2, -0.15) is 0 Å². The van der Waals surface area contributed by atoms with E-state index in [1.807, 2.05) is 10.7 Å². The molecule has 27 heavy (non-hydrogen) atoms. The fourth-order valence-electron chi connectivity index (χ4n) is 2.95. The van der Waals surface area contributed by atoms with Gasteiger partial charge >= 0.3 is 0 Å². The molecule has 1 heterocycles. The van der Waals surface area contributed by atoms with Gasteiger partial charge in [-0.1, -0.05) is 87.5 Å². The maximum absolute atomic E-state index is 3.96. The van der Waals surface area contributed by atoms with Crippen LogP contribution in [0.2, 0.25) is 0 Å². The van der Waals surface area contributed by atoms with Crippen LogP contribution in [-0.2, 0) is 12.0 Å². The molecule has 140 valence electrons. The number of aromatic nitrogens is 3. The Hall–Kier alpha value is -2.88. The van der Waals surface area contributed by atoms with Gasteiger partial charge in [-0.15, -0.1) is 10.2 Å². The first-order valence-electron chi connectivity index (χ1n) is 9.43. The summed E-state index contributed by atoms with van der Waals surface area (Å²) in [5.41, 5.74) is 4.04. The Morgan fingerprint density at radius 1 is 0.926 bits per heavy atom. The first-order chi connectivity index (χ1) is 13.0. The summed E-state index contributed by atoms with van der Waals surface area (Å²) in [5, 5.41) is 10.2. The van der Waals surface area contributed by atoms with Crippen LogP contribution in [0.3, 0.4) is 0 Å². The average molecular weight is 361 g/mol. The van der Waals surface area contributed by atoms with Crippen molar-refractivity contribution >= 4 is 6.08 Å². The monoisotopic (exact) mass is 360 g/mol. The Morgan fingerprint density at radius 3 is 2.22 bits per heavy atom. The molecule has 3 rings (SSSR count). The van der Waals surface area contributed by atoms with Crippen molar-refractivity contribution in [1.82, 2.24) is 14.9 Å². The lowest BCUT2D eigenvalue weighted by Gasteiger charge is -2.25. The lowest BCUT2D eigenvalue weighted by molar-refractivity contribution is 0.577. The minimum absolute atomic E-state index is 0.175. The molecule has 0 atom stereocenters. The molecule has 0 N–H and O–H groups in total. The molecule has 0 aliphatic carbocycles. The van der Waals surface area contributed by atoms with Gasteiger partial charge in [0.2, 0.25) is 0 Å². The maximum Gasteiger partial charge on any atom is 0.139 e. The summed E-state index contributed by atoms with van der Waals surface area (Å²) in [6, 6.07) is 19.3. The van der Waals surface area contributed by atoms with Crippen molar-refractivity contribution in [2.24, 2.45) is 0 Å². The number of benzene rings is 2. The molecule has 0 spiro atoms. The van der Waals surface area contributed by atoms with E-state index in [0.717, 1.165) is 19.5 Å².